The normalized spacial score (nSPS) is 11.3. The van der Waals surface area contributed by atoms with Gasteiger partial charge in [0.1, 0.15) is 0 Å². The first kappa shape index (κ1) is 14.9. The van der Waals surface area contributed by atoms with Gasteiger partial charge < -0.3 is 10.4 Å². The fraction of sp³-hybridized carbons (Fsp3) is 0.538. The van der Waals surface area contributed by atoms with Gasteiger partial charge in [0.2, 0.25) is 0 Å². The van der Waals surface area contributed by atoms with Crippen LogP contribution in [0, 0.1) is 5.41 Å². The lowest BCUT2D eigenvalue weighted by atomic mass is 9.83. The molecule has 5 heteroatoms. The third kappa shape index (κ3) is 3.43. The molecule has 2 N–H and O–H groups in total. The second kappa shape index (κ2) is 6.71. The van der Waals surface area contributed by atoms with E-state index >= 15 is 0 Å². The first-order valence-corrected chi connectivity index (χ1v) is 6.45. The van der Waals surface area contributed by atoms with E-state index in [4.69, 9.17) is 11.6 Å². The first-order valence-electron chi connectivity index (χ1n) is 6.07. The van der Waals surface area contributed by atoms with E-state index in [2.05, 4.69) is 10.3 Å². The molecule has 0 aliphatic heterocycles. The number of aliphatic hydroxyl groups is 1. The average molecular weight is 271 g/mol. The Bertz CT molecular complexity index is 397. The van der Waals surface area contributed by atoms with Crippen molar-refractivity contribution in [3.05, 3.63) is 29.0 Å². The average Bonchev–Trinajstić information content (AvgIpc) is 2.41. The van der Waals surface area contributed by atoms with Crippen molar-refractivity contribution in [2.45, 2.75) is 26.7 Å². The van der Waals surface area contributed by atoms with Crippen LogP contribution in [-0.4, -0.2) is 29.1 Å². The number of pyridine rings is 1. The van der Waals surface area contributed by atoms with Crippen molar-refractivity contribution in [2.24, 2.45) is 5.41 Å². The summed E-state index contributed by atoms with van der Waals surface area (Å²) in [5, 5.41) is 12.6. The number of nitrogens with one attached hydrogen (secondary N) is 1. The van der Waals surface area contributed by atoms with Crippen LogP contribution in [0.5, 0.6) is 0 Å². The molecule has 4 nitrogen and oxygen atoms in total. The molecule has 0 aliphatic rings. The smallest absolute Gasteiger partial charge is 0.254 e. The molecule has 1 heterocycles. The van der Waals surface area contributed by atoms with Crippen LogP contribution >= 0.6 is 11.6 Å². The minimum absolute atomic E-state index is 0.0566. The molecule has 0 bridgehead atoms. The summed E-state index contributed by atoms with van der Waals surface area (Å²) in [5.74, 6) is -0.257. The number of carbonyl (C=O) groups is 1. The van der Waals surface area contributed by atoms with Crippen LogP contribution in [0.3, 0.4) is 0 Å². The quantitative estimate of drug-likeness (QED) is 0.834. The molecular weight excluding hydrogens is 252 g/mol. The summed E-state index contributed by atoms with van der Waals surface area (Å²) >= 11 is 5.92. The Morgan fingerprint density at radius 2 is 2.17 bits per heavy atom. The summed E-state index contributed by atoms with van der Waals surface area (Å²) in [6.07, 6.45) is 4.59. The van der Waals surface area contributed by atoms with Gasteiger partial charge >= 0.3 is 0 Å². The zero-order chi connectivity index (χ0) is 13.6. The minimum atomic E-state index is -0.260. The van der Waals surface area contributed by atoms with E-state index in [-0.39, 0.29) is 17.9 Å². The van der Waals surface area contributed by atoms with Crippen molar-refractivity contribution in [3.8, 4) is 0 Å². The number of aromatic nitrogens is 1. The zero-order valence-corrected chi connectivity index (χ0v) is 11.5. The molecule has 0 spiro atoms. The Kier molecular flexibility index (Phi) is 5.56. The van der Waals surface area contributed by atoms with Gasteiger partial charge in [0.25, 0.3) is 5.91 Å². The number of hydrogen-bond donors (Lipinski definition) is 2. The topological polar surface area (TPSA) is 62.2 Å². The van der Waals surface area contributed by atoms with E-state index in [0.717, 1.165) is 12.8 Å². The van der Waals surface area contributed by atoms with Crippen molar-refractivity contribution >= 4 is 17.5 Å². The van der Waals surface area contributed by atoms with Gasteiger partial charge in [0.05, 0.1) is 17.2 Å². The van der Waals surface area contributed by atoms with Crippen molar-refractivity contribution < 1.29 is 9.90 Å². The third-order valence-electron chi connectivity index (χ3n) is 3.47. The molecule has 18 heavy (non-hydrogen) atoms. The molecule has 100 valence electrons. The summed E-state index contributed by atoms with van der Waals surface area (Å²) in [6, 6.07) is 1.58. The standard InChI is InChI=1S/C13H19ClN2O2/c1-3-13(4-2,9-17)8-16-12(18)10-7-15-6-5-11(10)14/h5-7,17H,3-4,8-9H2,1-2H3,(H,16,18). The highest BCUT2D eigenvalue weighted by Crippen LogP contribution is 2.24. The van der Waals surface area contributed by atoms with E-state index in [0.29, 0.717) is 17.1 Å². The Morgan fingerprint density at radius 3 is 2.67 bits per heavy atom. The monoisotopic (exact) mass is 270 g/mol. The van der Waals surface area contributed by atoms with E-state index < -0.39 is 0 Å². The second-order valence-electron chi connectivity index (χ2n) is 4.40. The number of hydrogen-bond acceptors (Lipinski definition) is 3. The highest BCUT2D eigenvalue weighted by atomic mass is 35.5. The predicted molar refractivity (Wildman–Crippen MR) is 71.7 cm³/mol. The maximum absolute atomic E-state index is 11.9. The molecule has 1 amide bonds. The molecule has 0 aliphatic carbocycles. The first-order chi connectivity index (χ1) is 8.58. The number of aliphatic hydroxyl groups excluding tert-OH is 1. The van der Waals surface area contributed by atoms with Crippen LogP contribution in [0.1, 0.15) is 37.0 Å². The van der Waals surface area contributed by atoms with Gasteiger partial charge in [-0.15, -0.1) is 0 Å². The van der Waals surface area contributed by atoms with Crippen molar-refractivity contribution in [1.29, 1.82) is 0 Å². The highest BCUT2D eigenvalue weighted by molar-refractivity contribution is 6.33. The van der Waals surface area contributed by atoms with E-state index in [1.165, 1.54) is 12.4 Å². The molecule has 0 radical (unpaired) electrons. The second-order valence-corrected chi connectivity index (χ2v) is 4.81. The van der Waals surface area contributed by atoms with Gasteiger partial charge in [-0.05, 0) is 18.9 Å². The molecule has 1 aromatic heterocycles. The van der Waals surface area contributed by atoms with Gasteiger partial charge in [0, 0.05) is 24.4 Å². The molecule has 0 atom stereocenters. The van der Waals surface area contributed by atoms with E-state index in [1.54, 1.807) is 6.07 Å². The highest BCUT2D eigenvalue weighted by Gasteiger charge is 2.26. The summed E-state index contributed by atoms with van der Waals surface area (Å²) < 4.78 is 0. The lowest BCUT2D eigenvalue weighted by Crippen LogP contribution is -2.39. The summed E-state index contributed by atoms with van der Waals surface area (Å²) in [5.41, 5.74) is 0.0999. The molecule has 1 aromatic rings. The minimum Gasteiger partial charge on any atom is -0.396 e. The van der Waals surface area contributed by atoms with Gasteiger partial charge in [-0.3, -0.25) is 9.78 Å². The largest absolute Gasteiger partial charge is 0.396 e. The zero-order valence-electron chi connectivity index (χ0n) is 10.7. The number of rotatable bonds is 6. The Morgan fingerprint density at radius 1 is 1.50 bits per heavy atom. The summed E-state index contributed by atoms with van der Waals surface area (Å²) in [6.45, 7) is 4.49. The lowest BCUT2D eigenvalue weighted by molar-refractivity contribution is 0.0851. The summed E-state index contributed by atoms with van der Waals surface area (Å²) in [4.78, 5) is 15.8. The van der Waals surface area contributed by atoms with Crippen molar-refractivity contribution in [3.63, 3.8) is 0 Å². The maximum atomic E-state index is 11.9. The molecular formula is C13H19ClN2O2. The Balaban J connectivity index is 2.69. The van der Waals surface area contributed by atoms with Crippen molar-refractivity contribution in [2.75, 3.05) is 13.2 Å². The Hall–Kier alpha value is -1.13. The number of carbonyl (C=O) groups excluding carboxylic acids is 1. The molecule has 0 unspecified atom stereocenters. The van der Waals surface area contributed by atoms with E-state index in [9.17, 15) is 9.90 Å². The lowest BCUT2D eigenvalue weighted by Gasteiger charge is -2.29. The number of nitrogens with zero attached hydrogens (tertiary/aromatic N) is 1. The predicted octanol–water partition coefficient (Wildman–Crippen LogP) is 2.26. The molecule has 0 fully saturated rings. The maximum Gasteiger partial charge on any atom is 0.254 e. The van der Waals surface area contributed by atoms with Crippen LogP contribution in [0.15, 0.2) is 18.5 Å². The fourth-order valence-corrected chi connectivity index (χ4v) is 1.88. The van der Waals surface area contributed by atoms with Crippen LogP contribution in [0.4, 0.5) is 0 Å². The van der Waals surface area contributed by atoms with E-state index in [1.807, 2.05) is 13.8 Å². The van der Waals surface area contributed by atoms with Crippen LogP contribution in [0.25, 0.3) is 0 Å². The Labute approximate surface area is 112 Å². The van der Waals surface area contributed by atoms with Crippen molar-refractivity contribution in [1.82, 2.24) is 10.3 Å². The fourth-order valence-electron chi connectivity index (χ4n) is 1.69. The van der Waals surface area contributed by atoms with Crippen LogP contribution in [-0.2, 0) is 0 Å². The van der Waals surface area contributed by atoms with Crippen LogP contribution in [0.2, 0.25) is 5.02 Å². The SMILES string of the molecule is CCC(CC)(CO)CNC(=O)c1cnccc1Cl. The summed E-state index contributed by atoms with van der Waals surface area (Å²) in [7, 11) is 0. The molecule has 0 saturated heterocycles. The molecule has 1 rings (SSSR count). The molecule has 0 aromatic carbocycles. The molecule has 0 saturated carbocycles. The van der Waals surface area contributed by atoms with Gasteiger partial charge in [-0.1, -0.05) is 25.4 Å². The van der Waals surface area contributed by atoms with Gasteiger partial charge in [0.15, 0.2) is 0 Å². The third-order valence-corrected chi connectivity index (χ3v) is 3.80. The number of halogens is 1. The number of amides is 1. The van der Waals surface area contributed by atoms with Gasteiger partial charge in [-0.25, -0.2) is 0 Å². The van der Waals surface area contributed by atoms with Gasteiger partial charge in [-0.2, -0.15) is 0 Å². The van der Waals surface area contributed by atoms with Crippen LogP contribution < -0.4 is 5.32 Å².